The van der Waals surface area contributed by atoms with Crippen molar-refractivity contribution in [1.29, 1.82) is 0 Å². The van der Waals surface area contributed by atoms with Crippen LogP contribution < -0.4 is 4.74 Å². The van der Waals surface area contributed by atoms with Gasteiger partial charge >= 0.3 is 0 Å². The number of fused-ring (bicyclic) bond motifs is 1. The first kappa shape index (κ1) is 25.5. The number of methoxy groups -OCH3 is 1. The first-order chi connectivity index (χ1) is 17.0. The van der Waals surface area contributed by atoms with Crippen LogP contribution in [0.4, 0.5) is 0 Å². The summed E-state index contributed by atoms with van der Waals surface area (Å²) < 4.78 is 5.30. The number of benzene rings is 3. The van der Waals surface area contributed by atoms with Gasteiger partial charge < -0.3 is 19.6 Å². The molecular weight excluding hydrogens is 452 g/mol. The fourth-order valence-electron chi connectivity index (χ4n) is 4.58. The van der Waals surface area contributed by atoms with Crippen molar-refractivity contribution in [3.63, 3.8) is 0 Å². The Bertz CT molecular complexity index is 1330. The van der Waals surface area contributed by atoms with Gasteiger partial charge in [-0.15, -0.1) is 0 Å². The molecule has 1 aliphatic heterocycles. The number of hydrogen-bond acceptors (Lipinski definition) is 5. The maximum Gasteiger partial charge on any atom is 0.295 e. The zero-order valence-corrected chi connectivity index (χ0v) is 21.8. The summed E-state index contributed by atoms with van der Waals surface area (Å²) in [6.45, 7) is 7.39. The second kappa shape index (κ2) is 9.78. The third-order valence-electron chi connectivity index (χ3n) is 6.74. The molecule has 1 N–H and O–H groups in total. The summed E-state index contributed by atoms with van der Waals surface area (Å²) in [5.41, 5.74) is 2.54. The molecule has 4 rings (SSSR count). The van der Waals surface area contributed by atoms with Crippen LogP contribution in [0.1, 0.15) is 43.5 Å². The lowest BCUT2D eigenvalue weighted by Crippen LogP contribution is -2.35. The molecule has 36 heavy (non-hydrogen) atoms. The number of ketones is 1. The minimum Gasteiger partial charge on any atom is -0.507 e. The van der Waals surface area contributed by atoms with Crippen LogP contribution in [0.5, 0.6) is 5.75 Å². The lowest BCUT2D eigenvalue weighted by Gasteiger charge is -2.27. The van der Waals surface area contributed by atoms with E-state index in [9.17, 15) is 14.7 Å². The van der Waals surface area contributed by atoms with Gasteiger partial charge in [-0.25, -0.2) is 0 Å². The van der Waals surface area contributed by atoms with E-state index in [4.69, 9.17) is 4.74 Å². The average Bonchev–Trinajstić information content (AvgIpc) is 3.10. The van der Waals surface area contributed by atoms with Crippen molar-refractivity contribution in [2.75, 3.05) is 34.3 Å². The van der Waals surface area contributed by atoms with Gasteiger partial charge in [-0.2, -0.15) is 0 Å². The molecule has 1 aliphatic rings. The zero-order chi connectivity index (χ0) is 26.2. The average molecular weight is 487 g/mol. The second-order valence-corrected chi connectivity index (χ2v) is 10.6. The van der Waals surface area contributed by atoms with E-state index < -0.39 is 17.7 Å². The maximum absolute atomic E-state index is 13.3. The fourth-order valence-corrected chi connectivity index (χ4v) is 4.58. The van der Waals surface area contributed by atoms with E-state index in [2.05, 4.69) is 20.8 Å². The van der Waals surface area contributed by atoms with E-state index in [-0.39, 0.29) is 16.7 Å². The van der Waals surface area contributed by atoms with Gasteiger partial charge in [0.05, 0.1) is 18.7 Å². The first-order valence-electron chi connectivity index (χ1n) is 12.1. The second-order valence-electron chi connectivity index (χ2n) is 10.6. The number of ether oxygens (including phenoxy) is 1. The van der Waals surface area contributed by atoms with Gasteiger partial charge in [0, 0.05) is 18.7 Å². The first-order valence-corrected chi connectivity index (χ1v) is 12.1. The summed E-state index contributed by atoms with van der Waals surface area (Å²) in [5.74, 6) is -0.673. The minimum atomic E-state index is -0.662. The molecule has 1 atom stereocenters. The number of rotatable bonds is 6. The molecule has 3 aromatic carbocycles. The molecule has 1 heterocycles. The molecule has 0 aliphatic carbocycles. The molecule has 0 radical (unpaired) electrons. The van der Waals surface area contributed by atoms with E-state index >= 15 is 0 Å². The highest BCUT2D eigenvalue weighted by Gasteiger charge is 2.46. The van der Waals surface area contributed by atoms with Crippen molar-refractivity contribution in [3.8, 4) is 5.75 Å². The van der Waals surface area contributed by atoms with E-state index in [1.165, 1.54) is 0 Å². The number of nitrogens with zero attached hydrogens (tertiary/aromatic N) is 2. The molecule has 1 amide bonds. The Kier molecular flexibility index (Phi) is 6.92. The topological polar surface area (TPSA) is 70.1 Å². The van der Waals surface area contributed by atoms with Crippen molar-refractivity contribution in [2.45, 2.75) is 32.2 Å². The Morgan fingerprint density at radius 1 is 0.972 bits per heavy atom. The monoisotopic (exact) mass is 486 g/mol. The number of likely N-dealkylation sites (N-methyl/N-ethyl adjacent to an activating group) is 1. The fraction of sp³-hybridized carbons (Fsp3) is 0.333. The Hall–Kier alpha value is -3.64. The minimum absolute atomic E-state index is 0.0287. The molecule has 0 aromatic heterocycles. The van der Waals surface area contributed by atoms with Crippen LogP contribution in [0.25, 0.3) is 16.5 Å². The summed E-state index contributed by atoms with van der Waals surface area (Å²) >= 11 is 0. The van der Waals surface area contributed by atoms with Gasteiger partial charge in [-0.05, 0) is 59.6 Å². The molecule has 0 saturated carbocycles. The highest BCUT2D eigenvalue weighted by molar-refractivity contribution is 6.46. The highest BCUT2D eigenvalue weighted by Crippen LogP contribution is 2.40. The summed E-state index contributed by atoms with van der Waals surface area (Å²) in [6.07, 6.45) is 0. The van der Waals surface area contributed by atoms with Crippen molar-refractivity contribution in [2.24, 2.45) is 0 Å². The van der Waals surface area contributed by atoms with Gasteiger partial charge in [-0.1, -0.05) is 63.2 Å². The van der Waals surface area contributed by atoms with Gasteiger partial charge in [0.15, 0.2) is 0 Å². The lowest BCUT2D eigenvalue weighted by atomic mass is 9.85. The van der Waals surface area contributed by atoms with Gasteiger partial charge in [-0.3, -0.25) is 9.59 Å². The molecular formula is C30H34N2O4. The Morgan fingerprint density at radius 2 is 1.61 bits per heavy atom. The van der Waals surface area contributed by atoms with Gasteiger partial charge in [0.2, 0.25) is 0 Å². The molecule has 188 valence electrons. The highest BCUT2D eigenvalue weighted by atomic mass is 16.5. The van der Waals surface area contributed by atoms with Crippen LogP contribution in [0, 0.1) is 0 Å². The number of likely N-dealkylation sites (tertiary alicyclic amines) is 1. The van der Waals surface area contributed by atoms with Crippen molar-refractivity contribution in [3.05, 3.63) is 82.9 Å². The molecule has 1 unspecified atom stereocenters. The summed E-state index contributed by atoms with van der Waals surface area (Å²) in [5, 5.41) is 13.3. The predicted molar refractivity (Wildman–Crippen MR) is 143 cm³/mol. The largest absolute Gasteiger partial charge is 0.507 e. The Morgan fingerprint density at radius 3 is 2.22 bits per heavy atom. The lowest BCUT2D eigenvalue weighted by molar-refractivity contribution is -0.140. The van der Waals surface area contributed by atoms with Crippen LogP contribution in [0.3, 0.4) is 0 Å². The van der Waals surface area contributed by atoms with Crippen LogP contribution in [-0.2, 0) is 15.0 Å². The van der Waals surface area contributed by atoms with Gasteiger partial charge in [0.25, 0.3) is 11.7 Å². The van der Waals surface area contributed by atoms with E-state index in [1.54, 1.807) is 18.1 Å². The number of amides is 1. The van der Waals surface area contributed by atoms with Crippen molar-refractivity contribution < 1.29 is 19.4 Å². The van der Waals surface area contributed by atoms with Gasteiger partial charge in [0.1, 0.15) is 11.5 Å². The number of aliphatic hydroxyl groups is 1. The zero-order valence-electron chi connectivity index (χ0n) is 21.8. The molecule has 1 saturated heterocycles. The molecule has 6 nitrogen and oxygen atoms in total. The number of aliphatic hydroxyl groups excluding tert-OH is 1. The Labute approximate surface area is 212 Å². The predicted octanol–water partition coefficient (Wildman–Crippen LogP) is 5.13. The molecule has 0 bridgehead atoms. The van der Waals surface area contributed by atoms with E-state index in [0.717, 1.165) is 27.6 Å². The number of hydrogen-bond donors (Lipinski definition) is 1. The molecule has 6 heteroatoms. The van der Waals surface area contributed by atoms with Crippen LogP contribution in [-0.4, -0.2) is 60.9 Å². The Balaban J connectivity index is 1.84. The van der Waals surface area contributed by atoms with Crippen LogP contribution >= 0.6 is 0 Å². The molecule has 1 fully saturated rings. The third kappa shape index (κ3) is 4.86. The quantitative estimate of drug-likeness (QED) is 0.297. The number of Topliss-reactive ketones (excluding diaryl/α,β-unsaturated/α-hetero) is 1. The van der Waals surface area contributed by atoms with Crippen molar-refractivity contribution in [1.82, 2.24) is 9.80 Å². The summed E-state index contributed by atoms with van der Waals surface area (Å²) in [4.78, 5) is 30.0. The molecule has 3 aromatic rings. The third-order valence-corrected chi connectivity index (χ3v) is 6.74. The SMILES string of the molecule is COc1ccc2cc(/C(O)=C3\C(=O)C(=O)N(CCN(C)C)C3c3ccc(C(C)(C)C)cc3)ccc2c1. The number of carbonyl (C=O) groups is 2. The smallest absolute Gasteiger partial charge is 0.295 e. The normalized spacial score (nSPS) is 17.9. The summed E-state index contributed by atoms with van der Waals surface area (Å²) in [6, 6.07) is 18.5. The van der Waals surface area contributed by atoms with Crippen LogP contribution in [0.2, 0.25) is 0 Å². The van der Waals surface area contributed by atoms with E-state index in [0.29, 0.717) is 18.7 Å². The van der Waals surface area contributed by atoms with Crippen LogP contribution in [0.15, 0.2) is 66.2 Å². The standard InChI is InChI=1S/C30H34N2O4/c1-30(2,3)23-12-9-19(10-13-23)26-25(28(34)29(35)32(26)16-15-31(4)5)27(33)22-8-7-21-18-24(36-6)14-11-20(21)17-22/h7-14,17-18,26,33H,15-16H2,1-6H3/b27-25+. The summed E-state index contributed by atoms with van der Waals surface area (Å²) in [7, 11) is 5.46. The van der Waals surface area contributed by atoms with Crippen molar-refractivity contribution >= 4 is 28.2 Å². The number of carbonyl (C=O) groups excluding carboxylic acids is 2. The molecule has 0 spiro atoms. The van der Waals surface area contributed by atoms with E-state index in [1.807, 2.05) is 73.6 Å². The maximum atomic E-state index is 13.3.